The lowest BCUT2D eigenvalue weighted by molar-refractivity contribution is -0.389. The minimum atomic E-state index is -0.420. The fourth-order valence-electron chi connectivity index (χ4n) is 2.49. The summed E-state index contributed by atoms with van der Waals surface area (Å²) in [6.07, 6.45) is 1.65. The van der Waals surface area contributed by atoms with Gasteiger partial charge in [0.2, 0.25) is 5.82 Å². The normalized spacial score (nSPS) is 16.7. The molecular weight excluding hydrogens is 292 g/mol. The number of imidazole rings is 1. The molecule has 3 heterocycles. The van der Waals surface area contributed by atoms with E-state index in [0.29, 0.717) is 11.6 Å². The molecule has 1 N–H and O–H groups in total. The van der Waals surface area contributed by atoms with E-state index in [-0.39, 0.29) is 17.7 Å². The quantitative estimate of drug-likeness (QED) is 0.594. The van der Waals surface area contributed by atoms with Crippen LogP contribution in [0.3, 0.4) is 0 Å². The average molecular weight is 302 g/mol. The van der Waals surface area contributed by atoms with Gasteiger partial charge >= 0.3 is 5.82 Å². The van der Waals surface area contributed by atoms with Crippen LogP contribution in [0.15, 0.2) is 35.8 Å². The van der Waals surface area contributed by atoms with Gasteiger partial charge < -0.3 is 20.2 Å². The Morgan fingerprint density at radius 2 is 2.33 bits per heavy atom. The van der Waals surface area contributed by atoms with Crippen molar-refractivity contribution in [3.05, 3.63) is 51.5 Å². The third-order valence-electron chi connectivity index (χ3n) is 3.42. The molecule has 1 aliphatic heterocycles. The number of fused-ring (bicyclic) bond motifs is 2. The van der Waals surface area contributed by atoms with Crippen LogP contribution >= 0.6 is 11.3 Å². The van der Waals surface area contributed by atoms with Crippen molar-refractivity contribution in [3.8, 4) is 5.75 Å². The van der Waals surface area contributed by atoms with E-state index in [1.165, 1.54) is 15.7 Å². The lowest BCUT2D eigenvalue weighted by Crippen LogP contribution is -2.13. The Morgan fingerprint density at radius 3 is 3.19 bits per heavy atom. The number of rotatable bonds is 3. The SMILES string of the molecule is O=[N+]([O-])c1c(NC2COc3ccccc32)nc2sccn12. The summed E-state index contributed by atoms with van der Waals surface area (Å²) in [6.45, 7) is 0.432. The Labute approximate surface area is 123 Å². The van der Waals surface area contributed by atoms with Gasteiger partial charge in [0.05, 0.1) is 6.04 Å². The number of aromatic nitrogens is 2. The molecule has 1 atom stereocenters. The van der Waals surface area contributed by atoms with Gasteiger partial charge in [-0.25, -0.2) is 0 Å². The topological polar surface area (TPSA) is 81.7 Å². The molecule has 0 radical (unpaired) electrons. The first-order valence-electron chi connectivity index (χ1n) is 6.32. The highest BCUT2D eigenvalue weighted by Gasteiger charge is 2.29. The summed E-state index contributed by atoms with van der Waals surface area (Å²) in [7, 11) is 0. The largest absolute Gasteiger partial charge is 0.491 e. The number of nitrogens with one attached hydrogen (secondary N) is 1. The van der Waals surface area contributed by atoms with Gasteiger partial charge in [-0.2, -0.15) is 9.38 Å². The van der Waals surface area contributed by atoms with E-state index in [2.05, 4.69) is 10.3 Å². The average Bonchev–Trinajstić information content (AvgIpc) is 3.13. The van der Waals surface area contributed by atoms with Crippen LogP contribution in [-0.2, 0) is 0 Å². The molecule has 21 heavy (non-hydrogen) atoms. The molecule has 2 aromatic heterocycles. The number of ether oxygens (including phenoxy) is 1. The van der Waals surface area contributed by atoms with Crippen molar-refractivity contribution in [1.82, 2.24) is 9.38 Å². The summed E-state index contributed by atoms with van der Waals surface area (Å²) in [6, 6.07) is 7.52. The van der Waals surface area contributed by atoms with Gasteiger partial charge in [-0.15, -0.1) is 0 Å². The zero-order valence-electron chi connectivity index (χ0n) is 10.7. The van der Waals surface area contributed by atoms with Crippen LogP contribution in [0.1, 0.15) is 11.6 Å². The molecule has 1 aromatic carbocycles. The molecular formula is C13H10N4O3S. The summed E-state index contributed by atoms with van der Waals surface area (Å²) in [5.41, 5.74) is 0.989. The van der Waals surface area contributed by atoms with Crippen LogP contribution < -0.4 is 10.1 Å². The number of nitro groups is 1. The second-order valence-corrected chi connectivity index (χ2v) is 5.52. The highest BCUT2D eigenvalue weighted by atomic mass is 32.1. The second-order valence-electron chi connectivity index (χ2n) is 4.64. The molecule has 0 aliphatic carbocycles. The van der Waals surface area contributed by atoms with Gasteiger partial charge in [-0.1, -0.05) is 29.5 Å². The number of hydrogen-bond acceptors (Lipinski definition) is 6. The summed E-state index contributed by atoms with van der Waals surface area (Å²) in [5, 5.41) is 16.2. The first kappa shape index (κ1) is 12.2. The predicted octanol–water partition coefficient (Wildman–Crippen LogP) is 2.85. The minimum absolute atomic E-state index is 0.0457. The Kier molecular flexibility index (Phi) is 2.58. The molecule has 4 rings (SSSR count). The van der Waals surface area contributed by atoms with Gasteiger partial charge in [-0.3, -0.25) is 0 Å². The third kappa shape index (κ3) is 1.83. The first-order valence-corrected chi connectivity index (χ1v) is 7.20. The molecule has 0 fully saturated rings. The Morgan fingerprint density at radius 1 is 1.48 bits per heavy atom. The summed E-state index contributed by atoms with van der Waals surface area (Å²) in [4.78, 5) is 15.8. The lowest BCUT2D eigenvalue weighted by atomic mass is 10.1. The fourth-order valence-corrected chi connectivity index (χ4v) is 3.20. The van der Waals surface area contributed by atoms with Gasteiger partial charge in [0.1, 0.15) is 18.6 Å². The van der Waals surface area contributed by atoms with Crippen molar-refractivity contribution >= 4 is 27.9 Å². The number of para-hydroxylation sites is 1. The Balaban J connectivity index is 1.74. The summed E-state index contributed by atoms with van der Waals surface area (Å²) >= 11 is 1.36. The van der Waals surface area contributed by atoms with Crippen molar-refractivity contribution in [3.63, 3.8) is 0 Å². The molecule has 0 amide bonds. The predicted molar refractivity (Wildman–Crippen MR) is 78.0 cm³/mol. The summed E-state index contributed by atoms with van der Waals surface area (Å²) < 4.78 is 7.06. The number of thiazole rings is 1. The number of hydrogen-bond donors (Lipinski definition) is 1. The van der Waals surface area contributed by atoms with Gasteiger partial charge in [-0.05, 0) is 11.0 Å². The second kappa shape index (κ2) is 4.45. The van der Waals surface area contributed by atoms with Gasteiger partial charge in [0.15, 0.2) is 0 Å². The van der Waals surface area contributed by atoms with Crippen molar-refractivity contribution < 1.29 is 9.66 Å². The summed E-state index contributed by atoms with van der Waals surface area (Å²) in [5.74, 6) is 1.03. The van der Waals surface area contributed by atoms with Crippen LogP contribution in [0, 0.1) is 10.1 Å². The van der Waals surface area contributed by atoms with Crippen LogP contribution in [0.4, 0.5) is 11.6 Å². The third-order valence-corrected chi connectivity index (χ3v) is 4.18. The molecule has 0 spiro atoms. The molecule has 0 saturated heterocycles. The van der Waals surface area contributed by atoms with Crippen LogP contribution in [0.5, 0.6) is 5.75 Å². The maximum Gasteiger partial charge on any atom is 0.372 e. The van der Waals surface area contributed by atoms with Crippen molar-refractivity contribution in [2.45, 2.75) is 6.04 Å². The van der Waals surface area contributed by atoms with Crippen molar-refractivity contribution in [2.24, 2.45) is 0 Å². The van der Waals surface area contributed by atoms with E-state index in [1.807, 2.05) is 24.3 Å². The molecule has 1 aliphatic rings. The Hall–Kier alpha value is -2.61. The molecule has 0 bridgehead atoms. The molecule has 3 aromatic rings. The molecule has 1 unspecified atom stereocenters. The zero-order chi connectivity index (χ0) is 14.4. The van der Waals surface area contributed by atoms with Gasteiger partial charge in [0.25, 0.3) is 4.96 Å². The maximum absolute atomic E-state index is 11.3. The standard InChI is InChI=1S/C13H10N4O3S/c18-17(19)12-11(15-13-16(12)5-6-21-13)14-9-7-20-10-4-2-1-3-8(9)10/h1-6,9,14H,7H2. The minimum Gasteiger partial charge on any atom is -0.491 e. The molecule has 106 valence electrons. The first-order chi connectivity index (χ1) is 10.2. The number of benzene rings is 1. The molecule has 8 heteroatoms. The van der Waals surface area contributed by atoms with Crippen LogP contribution in [0.2, 0.25) is 0 Å². The van der Waals surface area contributed by atoms with Crippen molar-refractivity contribution in [1.29, 1.82) is 0 Å². The maximum atomic E-state index is 11.3. The molecule has 0 saturated carbocycles. The highest BCUT2D eigenvalue weighted by Crippen LogP contribution is 2.36. The number of anilines is 1. The zero-order valence-corrected chi connectivity index (χ0v) is 11.5. The van der Waals surface area contributed by atoms with E-state index in [1.54, 1.807) is 11.6 Å². The van der Waals surface area contributed by atoms with Crippen molar-refractivity contribution in [2.75, 3.05) is 11.9 Å². The van der Waals surface area contributed by atoms with E-state index in [4.69, 9.17) is 4.74 Å². The van der Waals surface area contributed by atoms with Gasteiger partial charge in [0, 0.05) is 10.9 Å². The van der Waals surface area contributed by atoms with E-state index >= 15 is 0 Å². The monoisotopic (exact) mass is 302 g/mol. The van der Waals surface area contributed by atoms with E-state index in [0.717, 1.165) is 11.3 Å². The lowest BCUT2D eigenvalue weighted by Gasteiger charge is -2.10. The van der Waals surface area contributed by atoms with E-state index < -0.39 is 4.92 Å². The smallest absolute Gasteiger partial charge is 0.372 e. The fraction of sp³-hybridized carbons (Fsp3) is 0.154. The van der Waals surface area contributed by atoms with Crippen LogP contribution in [-0.4, -0.2) is 20.9 Å². The molecule has 7 nitrogen and oxygen atoms in total. The van der Waals surface area contributed by atoms with Crippen LogP contribution in [0.25, 0.3) is 4.96 Å². The Bertz CT molecular complexity index is 841. The van der Waals surface area contributed by atoms with E-state index in [9.17, 15) is 10.1 Å². The highest BCUT2D eigenvalue weighted by molar-refractivity contribution is 7.15. The number of nitrogens with zero attached hydrogens (tertiary/aromatic N) is 3.